The van der Waals surface area contributed by atoms with Gasteiger partial charge in [0.2, 0.25) is 5.91 Å². The lowest BCUT2D eigenvalue weighted by Gasteiger charge is -2.16. The SMILES string of the molecule is Cc1ccc2cc(C(Cl)C(=O)NC3CCCC3)ccc2n1. The first kappa shape index (κ1) is 14.3. The van der Waals surface area contributed by atoms with Gasteiger partial charge in [-0.15, -0.1) is 11.6 Å². The number of carbonyl (C=O) groups excluding carboxylic acids is 1. The number of amides is 1. The Morgan fingerprint density at radius 3 is 2.81 bits per heavy atom. The zero-order chi connectivity index (χ0) is 14.8. The zero-order valence-electron chi connectivity index (χ0n) is 12.1. The van der Waals surface area contributed by atoms with Crippen LogP contribution in [0, 0.1) is 6.92 Å². The summed E-state index contributed by atoms with van der Waals surface area (Å²) >= 11 is 6.33. The van der Waals surface area contributed by atoms with Crippen molar-refractivity contribution in [3.63, 3.8) is 0 Å². The summed E-state index contributed by atoms with van der Waals surface area (Å²) in [7, 11) is 0. The maximum atomic E-state index is 12.2. The predicted molar refractivity (Wildman–Crippen MR) is 85.5 cm³/mol. The van der Waals surface area contributed by atoms with Crippen molar-refractivity contribution in [1.29, 1.82) is 0 Å². The maximum Gasteiger partial charge on any atom is 0.242 e. The average molecular weight is 303 g/mol. The number of halogens is 1. The van der Waals surface area contributed by atoms with Crippen molar-refractivity contribution in [3.05, 3.63) is 41.6 Å². The Balaban J connectivity index is 1.78. The van der Waals surface area contributed by atoms with Gasteiger partial charge in [0.15, 0.2) is 0 Å². The van der Waals surface area contributed by atoms with Gasteiger partial charge in [-0.25, -0.2) is 0 Å². The van der Waals surface area contributed by atoms with Crippen LogP contribution in [0.15, 0.2) is 30.3 Å². The summed E-state index contributed by atoms with van der Waals surface area (Å²) in [5.41, 5.74) is 2.74. The lowest BCUT2D eigenvalue weighted by molar-refractivity contribution is -0.121. The van der Waals surface area contributed by atoms with Gasteiger partial charge in [-0.2, -0.15) is 0 Å². The molecule has 1 N–H and O–H groups in total. The number of aryl methyl sites for hydroxylation is 1. The van der Waals surface area contributed by atoms with Gasteiger partial charge in [-0.1, -0.05) is 25.0 Å². The van der Waals surface area contributed by atoms with E-state index in [4.69, 9.17) is 11.6 Å². The van der Waals surface area contributed by atoms with Crippen LogP contribution < -0.4 is 5.32 Å². The highest BCUT2D eigenvalue weighted by molar-refractivity contribution is 6.30. The highest BCUT2D eigenvalue weighted by Gasteiger charge is 2.23. The Morgan fingerprint density at radius 1 is 1.29 bits per heavy atom. The summed E-state index contributed by atoms with van der Waals surface area (Å²) in [6.45, 7) is 1.97. The van der Waals surface area contributed by atoms with E-state index >= 15 is 0 Å². The number of carbonyl (C=O) groups is 1. The minimum Gasteiger partial charge on any atom is -0.352 e. The number of rotatable bonds is 3. The Morgan fingerprint density at radius 2 is 2.05 bits per heavy atom. The van der Waals surface area contributed by atoms with Gasteiger partial charge in [0.25, 0.3) is 0 Å². The molecule has 0 radical (unpaired) electrons. The first-order chi connectivity index (χ1) is 10.1. The van der Waals surface area contributed by atoms with Crippen molar-refractivity contribution in [1.82, 2.24) is 10.3 Å². The third kappa shape index (κ3) is 3.18. The normalized spacial score (nSPS) is 17.0. The second-order valence-electron chi connectivity index (χ2n) is 5.76. The molecule has 4 heteroatoms. The number of nitrogens with one attached hydrogen (secondary N) is 1. The fourth-order valence-corrected chi connectivity index (χ4v) is 3.10. The van der Waals surface area contributed by atoms with Gasteiger partial charge in [-0.05, 0) is 43.5 Å². The smallest absolute Gasteiger partial charge is 0.242 e. The number of hydrogen-bond acceptors (Lipinski definition) is 2. The molecule has 0 aliphatic heterocycles. The van der Waals surface area contributed by atoms with Crippen LogP contribution in [0.5, 0.6) is 0 Å². The van der Waals surface area contributed by atoms with Gasteiger partial charge in [-0.3, -0.25) is 9.78 Å². The van der Waals surface area contributed by atoms with E-state index in [-0.39, 0.29) is 5.91 Å². The van der Waals surface area contributed by atoms with E-state index in [1.54, 1.807) is 0 Å². The summed E-state index contributed by atoms with van der Waals surface area (Å²) in [5.74, 6) is -0.0945. The molecule has 1 atom stereocenters. The first-order valence-electron chi connectivity index (χ1n) is 7.45. The number of nitrogens with zero attached hydrogens (tertiary/aromatic N) is 1. The van der Waals surface area contributed by atoms with Gasteiger partial charge in [0.05, 0.1) is 5.52 Å². The lowest BCUT2D eigenvalue weighted by Crippen LogP contribution is -2.34. The van der Waals surface area contributed by atoms with Crippen molar-refractivity contribution in [3.8, 4) is 0 Å². The van der Waals surface area contributed by atoms with Crippen LogP contribution in [0.4, 0.5) is 0 Å². The zero-order valence-corrected chi connectivity index (χ0v) is 12.9. The summed E-state index contributed by atoms with van der Waals surface area (Å²) in [6, 6.07) is 10.0. The van der Waals surface area contributed by atoms with Crippen LogP contribution in [0.1, 0.15) is 42.3 Å². The van der Waals surface area contributed by atoms with Crippen LogP contribution in [0.2, 0.25) is 0 Å². The van der Waals surface area contributed by atoms with E-state index in [0.717, 1.165) is 35.0 Å². The van der Waals surface area contributed by atoms with Crippen molar-refractivity contribution >= 4 is 28.4 Å². The van der Waals surface area contributed by atoms with Crippen LogP contribution in [-0.4, -0.2) is 16.9 Å². The van der Waals surface area contributed by atoms with Crippen molar-refractivity contribution < 1.29 is 4.79 Å². The van der Waals surface area contributed by atoms with E-state index in [9.17, 15) is 4.79 Å². The molecule has 0 bridgehead atoms. The fourth-order valence-electron chi connectivity index (χ4n) is 2.90. The molecule has 1 amide bonds. The molecule has 1 fully saturated rings. The fraction of sp³-hybridized carbons (Fsp3) is 0.412. The molecule has 1 aromatic carbocycles. The first-order valence-corrected chi connectivity index (χ1v) is 7.89. The van der Waals surface area contributed by atoms with Crippen molar-refractivity contribution in [2.45, 2.75) is 44.0 Å². The van der Waals surface area contributed by atoms with E-state index in [0.29, 0.717) is 6.04 Å². The molecule has 21 heavy (non-hydrogen) atoms. The molecule has 2 aromatic rings. The van der Waals surface area contributed by atoms with E-state index in [1.807, 2.05) is 37.3 Å². The topological polar surface area (TPSA) is 42.0 Å². The van der Waals surface area contributed by atoms with Crippen LogP contribution in [0.25, 0.3) is 10.9 Å². The molecule has 1 aliphatic rings. The van der Waals surface area contributed by atoms with Crippen LogP contribution in [0.3, 0.4) is 0 Å². The Kier molecular flexibility index (Phi) is 4.11. The molecular weight excluding hydrogens is 284 g/mol. The molecule has 3 nitrogen and oxygen atoms in total. The molecule has 0 spiro atoms. The maximum absolute atomic E-state index is 12.2. The third-order valence-electron chi connectivity index (χ3n) is 4.08. The van der Waals surface area contributed by atoms with Gasteiger partial charge < -0.3 is 5.32 Å². The van der Waals surface area contributed by atoms with E-state index < -0.39 is 5.38 Å². The molecule has 1 aromatic heterocycles. The second kappa shape index (κ2) is 6.02. The number of aromatic nitrogens is 1. The number of fused-ring (bicyclic) bond motifs is 1. The van der Waals surface area contributed by atoms with Crippen molar-refractivity contribution in [2.75, 3.05) is 0 Å². The molecule has 1 unspecified atom stereocenters. The summed E-state index contributed by atoms with van der Waals surface area (Å²) in [6.07, 6.45) is 4.52. The van der Waals surface area contributed by atoms with Gasteiger partial charge in [0, 0.05) is 17.1 Å². The largest absolute Gasteiger partial charge is 0.352 e. The highest BCUT2D eigenvalue weighted by atomic mass is 35.5. The monoisotopic (exact) mass is 302 g/mol. The average Bonchev–Trinajstić information content (AvgIpc) is 2.98. The van der Waals surface area contributed by atoms with Gasteiger partial charge >= 0.3 is 0 Å². The quantitative estimate of drug-likeness (QED) is 0.874. The minimum absolute atomic E-state index is 0.0945. The summed E-state index contributed by atoms with van der Waals surface area (Å²) < 4.78 is 0. The molecule has 110 valence electrons. The highest BCUT2D eigenvalue weighted by Crippen LogP contribution is 2.26. The van der Waals surface area contributed by atoms with Crippen LogP contribution >= 0.6 is 11.6 Å². The number of benzene rings is 1. The predicted octanol–water partition coefficient (Wildman–Crippen LogP) is 3.88. The summed E-state index contributed by atoms with van der Waals surface area (Å²) in [5, 5.41) is 3.42. The number of alkyl halides is 1. The van der Waals surface area contributed by atoms with E-state index in [1.165, 1.54) is 12.8 Å². The number of pyridine rings is 1. The Labute approximate surface area is 129 Å². The molecule has 1 heterocycles. The standard InChI is InChI=1S/C17H19ClN2O/c1-11-6-7-12-10-13(8-9-15(12)19-11)16(18)17(21)20-14-4-2-3-5-14/h6-10,14,16H,2-5H2,1H3,(H,20,21). The minimum atomic E-state index is -0.642. The Hall–Kier alpha value is -1.61. The van der Waals surface area contributed by atoms with Gasteiger partial charge in [0.1, 0.15) is 5.38 Å². The molecule has 3 rings (SSSR count). The molecular formula is C17H19ClN2O. The lowest BCUT2D eigenvalue weighted by atomic mass is 10.1. The Bertz CT molecular complexity index is 665. The third-order valence-corrected chi connectivity index (χ3v) is 4.53. The number of hydrogen-bond donors (Lipinski definition) is 1. The van der Waals surface area contributed by atoms with Crippen molar-refractivity contribution in [2.24, 2.45) is 0 Å². The van der Waals surface area contributed by atoms with E-state index in [2.05, 4.69) is 10.3 Å². The molecule has 1 saturated carbocycles. The second-order valence-corrected chi connectivity index (χ2v) is 6.19. The summed E-state index contributed by atoms with van der Waals surface area (Å²) in [4.78, 5) is 16.7. The van der Waals surface area contributed by atoms with Crippen LogP contribution in [-0.2, 0) is 4.79 Å². The molecule has 1 aliphatic carbocycles. The molecule has 0 saturated heterocycles.